The van der Waals surface area contributed by atoms with E-state index in [1.165, 1.54) is 0 Å². The van der Waals surface area contributed by atoms with E-state index >= 15 is 0 Å². The maximum atomic E-state index is 11.7. The minimum absolute atomic E-state index is 0.203. The summed E-state index contributed by atoms with van der Waals surface area (Å²) in [5.74, 6) is -2.59. The number of esters is 1. The van der Waals surface area contributed by atoms with Crippen LogP contribution in [0, 0.1) is 0 Å². The van der Waals surface area contributed by atoms with Crippen LogP contribution in [0.25, 0.3) is 0 Å². The lowest BCUT2D eigenvalue weighted by Crippen LogP contribution is -2.25. The SMILES string of the molecule is COC(=O)/C(=C/C(=O)O)CC(=O)NCc1ccccc1. The van der Waals surface area contributed by atoms with Crippen LogP contribution in [0.5, 0.6) is 0 Å². The van der Waals surface area contributed by atoms with E-state index in [0.717, 1.165) is 12.7 Å². The zero-order valence-electron chi connectivity index (χ0n) is 11.0. The van der Waals surface area contributed by atoms with Gasteiger partial charge in [-0.1, -0.05) is 30.3 Å². The molecule has 0 aliphatic carbocycles. The Labute approximate surface area is 116 Å². The number of ether oxygens (including phenoxy) is 1. The Bertz CT molecular complexity index is 522. The number of rotatable bonds is 6. The van der Waals surface area contributed by atoms with Crippen LogP contribution < -0.4 is 5.32 Å². The monoisotopic (exact) mass is 277 g/mol. The first-order valence-electron chi connectivity index (χ1n) is 5.85. The van der Waals surface area contributed by atoms with Crippen molar-refractivity contribution in [3.8, 4) is 0 Å². The Morgan fingerprint density at radius 2 is 1.90 bits per heavy atom. The molecule has 0 aliphatic rings. The van der Waals surface area contributed by atoms with Gasteiger partial charge in [0, 0.05) is 12.6 Å². The van der Waals surface area contributed by atoms with E-state index in [2.05, 4.69) is 10.1 Å². The summed E-state index contributed by atoms with van der Waals surface area (Å²) < 4.78 is 4.43. The highest BCUT2D eigenvalue weighted by atomic mass is 16.5. The Morgan fingerprint density at radius 1 is 1.25 bits per heavy atom. The Kier molecular flexibility index (Phi) is 5.96. The van der Waals surface area contributed by atoms with Crippen LogP contribution >= 0.6 is 0 Å². The molecule has 0 unspecified atom stereocenters. The molecule has 1 rings (SSSR count). The Balaban J connectivity index is 2.59. The van der Waals surface area contributed by atoms with Crippen LogP contribution in [0.15, 0.2) is 42.0 Å². The molecule has 2 N–H and O–H groups in total. The molecule has 20 heavy (non-hydrogen) atoms. The van der Waals surface area contributed by atoms with Gasteiger partial charge in [-0.05, 0) is 5.56 Å². The lowest BCUT2D eigenvalue weighted by atomic mass is 10.1. The molecule has 0 aromatic heterocycles. The molecule has 0 radical (unpaired) electrons. The zero-order chi connectivity index (χ0) is 15.0. The number of carboxylic acid groups (broad SMARTS) is 1. The van der Waals surface area contributed by atoms with Crippen LogP contribution in [0.4, 0.5) is 0 Å². The van der Waals surface area contributed by atoms with Crippen molar-refractivity contribution in [1.82, 2.24) is 5.32 Å². The minimum Gasteiger partial charge on any atom is -0.478 e. The van der Waals surface area contributed by atoms with Gasteiger partial charge in [0.2, 0.25) is 5.91 Å². The van der Waals surface area contributed by atoms with Gasteiger partial charge in [0.15, 0.2) is 0 Å². The van der Waals surface area contributed by atoms with Gasteiger partial charge < -0.3 is 15.2 Å². The molecule has 0 aliphatic heterocycles. The summed E-state index contributed by atoms with van der Waals surface area (Å²) in [6, 6.07) is 9.22. The lowest BCUT2D eigenvalue weighted by Gasteiger charge is -2.07. The van der Waals surface area contributed by atoms with E-state index in [0.29, 0.717) is 12.6 Å². The molecule has 1 aromatic rings. The van der Waals surface area contributed by atoms with Gasteiger partial charge in [-0.3, -0.25) is 4.79 Å². The fourth-order valence-electron chi connectivity index (χ4n) is 1.49. The molecule has 6 heteroatoms. The first-order valence-corrected chi connectivity index (χ1v) is 5.85. The van der Waals surface area contributed by atoms with Crippen molar-refractivity contribution >= 4 is 17.8 Å². The van der Waals surface area contributed by atoms with Gasteiger partial charge in [0.25, 0.3) is 0 Å². The summed E-state index contributed by atoms with van der Waals surface area (Å²) in [4.78, 5) is 33.6. The summed E-state index contributed by atoms with van der Waals surface area (Å²) in [6.07, 6.45) is 0.333. The molecular formula is C14H15NO5. The third-order valence-corrected chi connectivity index (χ3v) is 2.43. The van der Waals surface area contributed by atoms with E-state index in [1.54, 1.807) is 0 Å². The van der Waals surface area contributed by atoms with E-state index in [4.69, 9.17) is 5.11 Å². The topological polar surface area (TPSA) is 92.7 Å². The normalized spacial score (nSPS) is 10.8. The summed E-state index contributed by atoms with van der Waals surface area (Å²) in [5, 5.41) is 11.2. The average molecular weight is 277 g/mol. The van der Waals surface area contributed by atoms with Gasteiger partial charge in [0.1, 0.15) is 0 Å². The number of nitrogens with one attached hydrogen (secondary N) is 1. The van der Waals surface area contributed by atoms with Crippen LogP contribution in [-0.2, 0) is 25.7 Å². The summed E-state index contributed by atoms with van der Waals surface area (Å²) in [7, 11) is 1.12. The summed E-state index contributed by atoms with van der Waals surface area (Å²) in [6.45, 7) is 0.307. The molecule has 6 nitrogen and oxygen atoms in total. The molecule has 0 saturated carbocycles. The summed E-state index contributed by atoms with van der Waals surface area (Å²) >= 11 is 0. The number of hydrogen-bond donors (Lipinski definition) is 2. The van der Waals surface area contributed by atoms with Crippen molar-refractivity contribution in [2.75, 3.05) is 7.11 Å². The molecular weight excluding hydrogens is 262 g/mol. The fraction of sp³-hybridized carbons (Fsp3) is 0.214. The zero-order valence-corrected chi connectivity index (χ0v) is 11.0. The van der Waals surface area contributed by atoms with Crippen molar-refractivity contribution in [2.24, 2.45) is 0 Å². The second kappa shape index (κ2) is 7.73. The first-order chi connectivity index (χ1) is 9.52. The van der Waals surface area contributed by atoms with E-state index in [9.17, 15) is 14.4 Å². The van der Waals surface area contributed by atoms with Crippen LogP contribution in [0.2, 0.25) is 0 Å². The quantitative estimate of drug-likeness (QED) is 0.594. The van der Waals surface area contributed by atoms with E-state index < -0.39 is 17.8 Å². The number of aliphatic carboxylic acids is 1. The highest BCUT2D eigenvalue weighted by Gasteiger charge is 2.15. The van der Waals surface area contributed by atoms with Crippen molar-refractivity contribution in [3.63, 3.8) is 0 Å². The largest absolute Gasteiger partial charge is 0.478 e. The molecule has 0 heterocycles. The van der Waals surface area contributed by atoms with Gasteiger partial charge in [0.05, 0.1) is 19.1 Å². The average Bonchev–Trinajstić information content (AvgIpc) is 2.44. The third-order valence-electron chi connectivity index (χ3n) is 2.43. The van der Waals surface area contributed by atoms with E-state index in [1.807, 2.05) is 30.3 Å². The number of benzene rings is 1. The van der Waals surface area contributed by atoms with Crippen molar-refractivity contribution in [3.05, 3.63) is 47.5 Å². The molecule has 0 fully saturated rings. The lowest BCUT2D eigenvalue weighted by molar-refractivity contribution is -0.138. The number of hydrogen-bond acceptors (Lipinski definition) is 4. The van der Waals surface area contributed by atoms with Gasteiger partial charge in [-0.2, -0.15) is 0 Å². The predicted molar refractivity (Wildman–Crippen MR) is 70.6 cm³/mol. The fourth-order valence-corrected chi connectivity index (χ4v) is 1.49. The second-order valence-electron chi connectivity index (χ2n) is 3.94. The molecule has 0 bridgehead atoms. The molecule has 1 aromatic carbocycles. The van der Waals surface area contributed by atoms with Gasteiger partial charge in [-0.15, -0.1) is 0 Å². The summed E-state index contributed by atoms with van der Waals surface area (Å²) in [5.41, 5.74) is 0.702. The molecule has 0 spiro atoms. The van der Waals surface area contributed by atoms with Crippen LogP contribution in [-0.4, -0.2) is 30.1 Å². The van der Waals surface area contributed by atoms with E-state index in [-0.39, 0.29) is 12.0 Å². The van der Waals surface area contributed by atoms with Crippen molar-refractivity contribution in [1.29, 1.82) is 0 Å². The maximum absolute atomic E-state index is 11.7. The maximum Gasteiger partial charge on any atom is 0.334 e. The van der Waals surface area contributed by atoms with Crippen LogP contribution in [0.1, 0.15) is 12.0 Å². The molecule has 106 valence electrons. The Morgan fingerprint density at radius 3 is 2.45 bits per heavy atom. The number of amides is 1. The first kappa shape index (κ1) is 15.4. The molecule has 0 saturated heterocycles. The number of carbonyl (C=O) groups excluding carboxylic acids is 2. The Hall–Kier alpha value is -2.63. The molecule has 0 atom stereocenters. The standard InChI is InChI=1S/C14H15NO5/c1-20-14(19)11(8-13(17)18)7-12(16)15-9-10-5-3-2-4-6-10/h2-6,8H,7,9H2,1H3,(H,15,16)(H,17,18)/b11-8+. The van der Waals surface area contributed by atoms with Gasteiger partial charge >= 0.3 is 11.9 Å². The number of carboxylic acids is 1. The predicted octanol–water partition coefficient (Wildman–Crippen LogP) is 0.877. The third kappa shape index (κ3) is 5.34. The molecule has 1 amide bonds. The number of carbonyl (C=O) groups is 3. The smallest absolute Gasteiger partial charge is 0.334 e. The highest BCUT2D eigenvalue weighted by molar-refractivity contribution is 6.00. The van der Waals surface area contributed by atoms with Crippen molar-refractivity contribution < 1.29 is 24.2 Å². The van der Waals surface area contributed by atoms with Crippen molar-refractivity contribution in [2.45, 2.75) is 13.0 Å². The van der Waals surface area contributed by atoms with Crippen LogP contribution in [0.3, 0.4) is 0 Å². The second-order valence-corrected chi connectivity index (χ2v) is 3.94. The number of methoxy groups -OCH3 is 1. The van der Waals surface area contributed by atoms with Gasteiger partial charge in [-0.25, -0.2) is 9.59 Å². The minimum atomic E-state index is -1.30. The highest BCUT2D eigenvalue weighted by Crippen LogP contribution is 2.05.